The van der Waals surface area contributed by atoms with Gasteiger partial charge in [-0.1, -0.05) is 85.7 Å². The van der Waals surface area contributed by atoms with Crippen molar-refractivity contribution in [3.05, 3.63) is 59.7 Å². The molecule has 2 aromatic carbocycles. The third-order valence-corrected chi connectivity index (χ3v) is 2.58. The van der Waals surface area contributed by atoms with Crippen LogP contribution in [-0.2, 0) is 6.61 Å². The molecule has 0 unspecified atom stereocenters. The number of carbonyl (C=O) groups is 1. The fourth-order valence-corrected chi connectivity index (χ4v) is 1.61. The summed E-state index contributed by atoms with van der Waals surface area (Å²) in [7, 11) is 1.56. The van der Waals surface area contributed by atoms with Crippen LogP contribution in [-0.4, -0.2) is 13.4 Å². The molecule has 0 N–H and O–H groups in total. The molecule has 0 saturated heterocycles. The van der Waals surface area contributed by atoms with Crippen LogP contribution in [0.2, 0.25) is 0 Å². The Bertz CT molecular complexity index is 593. The van der Waals surface area contributed by atoms with Gasteiger partial charge in [-0.05, 0) is 29.2 Å². The molecule has 0 fully saturated rings. The van der Waals surface area contributed by atoms with Crippen molar-refractivity contribution in [2.24, 2.45) is 5.41 Å². The first-order chi connectivity index (χ1) is 12.8. The average Bonchev–Trinajstić information content (AvgIpc) is 2.69. The van der Waals surface area contributed by atoms with E-state index in [1.54, 1.807) is 25.3 Å². The van der Waals surface area contributed by atoms with E-state index in [2.05, 4.69) is 27.7 Å². The molecule has 3 heteroatoms. The Morgan fingerprint density at radius 3 is 1.85 bits per heavy atom. The van der Waals surface area contributed by atoms with Gasteiger partial charge in [-0.3, -0.25) is 4.79 Å². The molecule has 152 valence electrons. The fourth-order valence-electron chi connectivity index (χ4n) is 1.61. The lowest BCUT2D eigenvalue weighted by atomic mass is 10.0. The van der Waals surface area contributed by atoms with E-state index in [-0.39, 0.29) is 0 Å². The number of hydrogen-bond donors (Lipinski definition) is 0. The normalized spacial score (nSPS) is 9.22. The Labute approximate surface area is 166 Å². The van der Waals surface area contributed by atoms with Crippen LogP contribution in [0.1, 0.15) is 71.3 Å². The van der Waals surface area contributed by atoms with E-state index in [0.29, 0.717) is 29.1 Å². The summed E-state index contributed by atoms with van der Waals surface area (Å²) in [6.07, 6.45) is 0.767. The van der Waals surface area contributed by atoms with Crippen LogP contribution in [0.15, 0.2) is 48.5 Å². The molecule has 0 saturated carbocycles. The van der Waals surface area contributed by atoms with Crippen molar-refractivity contribution in [2.45, 2.75) is 62.0 Å². The molecular formula is C24H38O3. The third-order valence-electron chi connectivity index (χ3n) is 2.58. The first-order valence-electron chi connectivity index (χ1n) is 9.63. The minimum atomic E-state index is 0.439. The first-order valence-corrected chi connectivity index (χ1v) is 9.63. The van der Waals surface area contributed by atoms with Crippen LogP contribution in [0.4, 0.5) is 0 Å². The Balaban J connectivity index is 0. The molecule has 0 amide bonds. The van der Waals surface area contributed by atoms with Gasteiger partial charge in [-0.15, -0.1) is 0 Å². The Kier molecular flexibility index (Phi) is 15.9. The zero-order chi connectivity index (χ0) is 21.3. The summed E-state index contributed by atoms with van der Waals surface area (Å²) in [5, 5.41) is 0. The topological polar surface area (TPSA) is 35.5 Å². The standard InChI is InChI=1S/C15H14O3.C5H12.2C2H6/c1-17-14-7-8-15(13(9-14)10-16)18-11-12-5-3-2-4-6-12;1-5(2,3)4;2*1-2/h2-10H,11H2,1H3;1-4H3;2*1-2H3. The zero-order valence-corrected chi connectivity index (χ0v) is 18.6. The SMILES string of the molecule is CC.CC.CC(C)(C)C.COc1ccc(OCc2ccccc2)c(C=O)c1. The van der Waals surface area contributed by atoms with E-state index in [1.807, 2.05) is 58.0 Å². The van der Waals surface area contributed by atoms with Gasteiger partial charge in [-0.2, -0.15) is 0 Å². The van der Waals surface area contributed by atoms with Crippen molar-refractivity contribution in [3.8, 4) is 11.5 Å². The molecule has 0 aliphatic rings. The molecule has 0 radical (unpaired) electrons. The van der Waals surface area contributed by atoms with Crippen LogP contribution in [0, 0.1) is 5.41 Å². The number of methoxy groups -OCH3 is 1. The molecule has 27 heavy (non-hydrogen) atoms. The highest BCUT2D eigenvalue weighted by Gasteiger charge is 2.05. The van der Waals surface area contributed by atoms with E-state index >= 15 is 0 Å². The molecule has 2 aromatic rings. The van der Waals surface area contributed by atoms with Crippen molar-refractivity contribution in [1.29, 1.82) is 0 Å². The van der Waals surface area contributed by atoms with E-state index in [9.17, 15) is 4.79 Å². The molecule has 0 aromatic heterocycles. The van der Waals surface area contributed by atoms with Crippen LogP contribution in [0.25, 0.3) is 0 Å². The molecule has 0 spiro atoms. The van der Waals surface area contributed by atoms with Gasteiger partial charge in [0.1, 0.15) is 18.1 Å². The number of carbonyl (C=O) groups excluding carboxylic acids is 1. The van der Waals surface area contributed by atoms with Crippen molar-refractivity contribution in [1.82, 2.24) is 0 Å². The summed E-state index contributed by atoms with van der Waals surface area (Å²) in [6.45, 7) is 17.2. The van der Waals surface area contributed by atoms with Crippen LogP contribution in [0.3, 0.4) is 0 Å². The second-order valence-electron chi connectivity index (χ2n) is 6.80. The molecule has 0 aliphatic carbocycles. The molecule has 3 nitrogen and oxygen atoms in total. The van der Waals surface area contributed by atoms with Gasteiger partial charge >= 0.3 is 0 Å². The van der Waals surface area contributed by atoms with Crippen molar-refractivity contribution < 1.29 is 14.3 Å². The van der Waals surface area contributed by atoms with E-state index in [0.717, 1.165) is 11.8 Å². The maximum atomic E-state index is 11.0. The number of benzene rings is 2. The second kappa shape index (κ2) is 15.9. The van der Waals surface area contributed by atoms with Gasteiger partial charge < -0.3 is 9.47 Å². The summed E-state index contributed by atoms with van der Waals surface area (Å²) >= 11 is 0. The lowest BCUT2D eigenvalue weighted by Crippen LogP contribution is -1.98. The van der Waals surface area contributed by atoms with Crippen molar-refractivity contribution >= 4 is 6.29 Å². The summed E-state index contributed by atoms with van der Waals surface area (Å²) in [5.41, 5.74) is 2.05. The van der Waals surface area contributed by atoms with Gasteiger partial charge in [0, 0.05) is 0 Å². The summed E-state index contributed by atoms with van der Waals surface area (Å²) in [5.74, 6) is 1.21. The molecular weight excluding hydrogens is 336 g/mol. The van der Waals surface area contributed by atoms with E-state index in [1.165, 1.54) is 0 Å². The first kappa shape index (κ1) is 26.9. The minimum absolute atomic E-state index is 0.439. The second-order valence-corrected chi connectivity index (χ2v) is 6.80. The minimum Gasteiger partial charge on any atom is -0.497 e. The van der Waals surface area contributed by atoms with E-state index < -0.39 is 0 Å². The van der Waals surface area contributed by atoms with Crippen LogP contribution < -0.4 is 9.47 Å². The third kappa shape index (κ3) is 14.6. The van der Waals surface area contributed by atoms with Gasteiger partial charge in [0.2, 0.25) is 0 Å². The predicted molar refractivity (Wildman–Crippen MR) is 117 cm³/mol. The van der Waals surface area contributed by atoms with Gasteiger partial charge in [0.25, 0.3) is 0 Å². The van der Waals surface area contributed by atoms with E-state index in [4.69, 9.17) is 9.47 Å². The fraction of sp³-hybridized carbons (Fsp3) is 0.458. The molecule has 2 rings (SSSR count). The van der Waals surface area contributed by atoms with Gasteiger partial charge in [-0.25, -0.2) is 0 Å². The molecule has 0 bridgehead atoms. The molecule has 0 aliphatic heterocycles. The Morgan fingerprint density at radius 2 is 1.41 bits per heavy atom. The zero-order valence-electron chi connectivity index (χ0n) is 18.6. The Hall–Kier alpha value is -2.29. The summed E-state index contributed by atoms with van der Waals surface area (Å²) in [4.78, 5) is 11.0. The highest BCUT2D eigenvalue weighted by Crippen LogP contribution is 2.23. The molecule has 0 heterocycles. The number of ether oxygens (including phenoxy) is 2. The van der Waals surface area contributed by atoms with Crippen molar-refractivity contribution in [3.63, 3.8) is 0 Å². The number of rotatable bonds is 5. The molecule has 0 atom stereocenters. The van der Waals surface area contributed by atoms with Gasteiger partial charge in [0.15, 0.2) is 6.29 Å². The summed E-state index contributed by atoms with van der Waals surface area (Å²) < 4.78 is 10.7. The largest absolute Gasteiger partial charge is 0.497 e. The number of aldehydes is 1. The van der Waals surface area contributed by atoms with Crippen molar-refractivity contribution in [2.75, 3.05) is 7.11 Å². The average molecular weight is 375 g/mol. The lowest BCUT2D eigenvalue weighted by molar-refractivity contribution is 0.111. The van der Waals surface area contributed by atoms with Crippen LogP contribution in [0.5, 0.6) is 11.5 Å². The highest BCUT2D eigenvalue weighted by molar-refractivity contribution is 5.80. The monoisotopic (exact) mass is 374 g/mol. The smallest absolute Gasteiger partial charge is 0.153 e. The maximum Gasteiger partial charge on any atom is 0.153 e. The maximum absolute atomic E-state index is 11.0. The van der Waals surface area contributed by atoms with Crippen LogP contribution >= 0.6 is 0 Å². The number of hydrogen-bond acceptors (Lipinski definition) is 3. The lowest BCUT2D eigenvalue weighted by Gasteiger charge is -2.09. The summed E-state index contributed by atoms with van der Waals surface area (Å²) in [6, 6.07) is 15.0. The quantitative estimate of drug-likeness (QED) is 0.519. The highest BCUT2D eigenvalue weighted by atomic mass is 16.5. The predicted octanol–water partition coefficient (Wildman–Crippen LogP) is 7.19. The van der Waals surface area contributed by atoms with Gasteiger partial charge in [0.05, 0.1) is 12.7 Å². The Morgan fingerprint density at radius 1 is 0.889 bits per heavy atom.